The number of hydrogen-bond donors (Lipinski definition) is 0. The third kappa shape index (κ3) is 6.05. The highest BCUT2D eigenvalue weighted by Gasteiger charge is 2.28. The molecule has 7 aromatic rings. The SMILES string of the molecule is C[C@H]1C=C(c2cc(C3=CC(C4=CC=CCC4)C=C3)nc(-n3c4c(c5ccc6c7ccccc7n(-c7ccccc7)c6c53)CCCC4)n2)C=CC(c2ccccc2)CC1. The highest BCUT2D eigenvalue weighted by molar-refractivity contribution is 6.19. The fourth-order valence-corrected chi connectivity index (χ4v) is 10.1. The van der Waals surface area contributed by atoms with Crippen LogP contribution in [0.25, 0.3) is 55.5 Å². The molecule has 4 aliphatic rings. The third-order valence-electron chi connectivity index (χ3n) is 13.0. The minimum atomic E-state index is 0.287. The first-order chi connectivity index (χ1) is 28.7. The lowest BCUT2D eigenvalue weighted by Gasteiger charge is -2.20. The molecule has 0 amide bonds. The maximum atomic E-state index is 5.66. The van der Waals surface area contributed by atoms with Crippen LogP contribution in [0.3, 0.4) is 0 Å². The van der Waals surface area contributed by atoms with Crippen LogP contribution in [0, 0.1) is 11.8 Å². The van der Waals surface area contributed by atoms with Gasteiger partial charge < -0.3 is 4.57 Å². The summed E-state index contributed by atoms with van der Waals surface area (Å²) >= 11 is 0. The quantitative estimate of drug-likeness (QED) is 0.170. The zero-order chi connectivity index (χ0) is 38.6. The van der Waals surface area contributed by atoms with Crippen LogP contribution in [0.1, 0.15) is 79.6 Å². The number of aryl methyl sites for hydroxylation is 1. The van der Waals surface area contributed by atoms with Gasteiger partial charge in [-0.15, -0.1) is 0 Å². The number of para-hydroxylation sites is 2. The first-order valence-corrected chi connectivity index (χ1v) is 21.4. The average Bonchev–Trinajstić information content (AvgIpc) is 3.99. The van der Waals surface area contributed by atoms with Crippen molar-refractivity contribution in [1.82, 2.24) is 19.1 Å². The van der Waals surface area contributed by atoms with Crippen molar-refractivity contribution in [2.24, 2.45) is 11.8 Å². The second kappa shape index (κ2) is 14.6. The second-order valence-corrected chi connectivity index (χ2v) is 16.7. The van der Waals surface area contributed by atoms with Crippen molar-refractivity contribution in [1.29, 1.82) is 0 Å². The van der Waals surface area contributed by atoms with Gasteiger partial charge in [-0.2, -0.15) is 0 Å². The molecule has 4 nitrogen and oxygen atoms in total. The van der Waals surface area contributed by atoms with Crippen LogP contribution in [-0.4, -0.2) is 19.1 Å². The van der Waals surface area contributed by atoms with Gasteiger partial charge in [0.2, 0.25) is 5.95 Å². The van der Waals surface area contributed by atoms with Gasteiger partial charge in [-0.3, -0.25) is 4.57 Å². The van der Waals surface area contributed by atoms with Crippen LogP contribution >= 0.6 is 0 Å². The molecule has 0 N–H and O–H groups in total. The van der Waals surface area contributed by atoms with E-state index in [2.05, 4.69) is 174 Å². The Labute approximate surface area is 341 Å². The Balaban J connectivity index is 1.18. The molecule has 3 aromatic heterocycles. The largest absolute Gasteiger partial charge is 0.307 e. The number of nitrogens with zero attached hydrogens (tertiary/aromatic N) is 4. The predicted octanol–water partition coefficient (Wildman–Crippen LogP) is 13.4. The summed E-state index contributed by atoms with van der Waals surface area (Å²) in [5.74, 6) is 1.82. The minimum absolute atomic E-state index is 0.287. The van der Waals surface area contributed by atoms with E-state index in [1.165, 1.54) is 72.7 Å². The van der Waals surface area contributed by atoms with Crippen molar-refractivity contribution in [3.63, 3.8) is 0 Å². The van der Waals surface area contributed by atoms with E-state index in [1.54, 1.807) is 0 Å². The number of allylic oxidation sites excluding steroid dienone is 12. The van der Waals surface area contributed by atoms with Gasteiger partial charge in [0.15, 0.2) is 0 Å². The Morgan fingerprint density at radius 2 is 1.36 bits per heavy atom. The van der Waals surface area contributed by atoms with E-state index in [1.807, 2.05) is 0 Å². The monoisotopic (exact) mass is 752 g/mol. The Morgan fingerprint density at radius 1 is 0.638 bits per heavy atom. The van der Waals surface area contributed by atoms with Crippen molar-refractivity contribution >= 4 is 43.9 Å². The summed E-state index contributed by atoms with van der Waals surface area (Å²) in [5.41, 5.74) is 14.8. The second-order valence-electron chi connectivity index (χ2n) is 16.7. The fraction of sp³-hybridized carbons (Fsp3) is 0.222. The molecule has 284 valence electrons. The number of fused-ring (bicyclic) bond motifs is 7. The predicted molar refractivity (Wildman–Crippen MR) is 242 cm³/mol. The molecule has 0 saturated heterocycles. The summed E-state index contributed by atoms with van der Waals surface area (Å²) in [7, 11) is 0. The molecule has 0 spiro atoms. The van der Waals surface area contributed by atoms with E-state index in [9.17, 15) is 0 Å². The van der Waals surface area contributed by atoms with E-state index in [-0.39, 0.29) is 5.92 Å². The standard InChI is InChI=1S/C54H48N4/c1-36-25-26-39(37-15-5-2-6-16-37)27-29-41(33-36)48-35-49(42-30-28-40(34-42)38-17-7-3-8-18-38)56-54(55-48)58-51-24-14-12-22-45(51)47-32-31-46-44-21-11-13-23-50(44)57(52(46)53(47)58)43-19-9-4-10-20-43/h2-7,9-11,13,15-17,19-21,23,27-36,39-40H,8,12,14,18,22,24-26H2,1H3/t36-,39?,40?/m1/s1. The molecule has 0 bridgehead atoms. The van der Waals surface area contributed by atoms with Crippen molar-refractivity contribution in [3.05, 3.63) is 192 Å². The Kier molecular flexibility index (Phi) is 8.79. The molecular weight excluding hydrogens is 705 g/mol. The summed E-state index contributed by atoms with van der Waals surface area (Å²) in [5, 5.41) is 3.83. The summed E-state index contributed by atoms with van der Waals surface area (Å²) in [6.45, 7) is 2.36. The van der Waals surface area contributed by atoms with Gasteiger partial charge in [0.05, 0.1) is 27.9 Å². The number of rotatable bonds is 6. The molecule has 3 heterocycles. The average molecular weight is 753 g/mol. The normalized spacial score (nSPS) is 20.6. The molecule has 4 aromatic carbocycles. The number of hydrogen-bond acceptors (Lipinski definition) is 2. The van der Waals surface area contributed by atoms with E-state index in [4.69, 9.17) is 9.97 Å². The molecule has 0 aliphatic heterocycles. The first kappa shape index (κ1) is 34.9. The molecule has 0 fully saturated rings. The van der Waals surface area contributed by atoms with Crippen molar-refractivity contribution in [2.75, 3.05) is 0 Å². The van der Waals surface area contributed by atoms with Crippen LogP contribution in [0.15, 0.2) is 163 Å². The molecule has 3 atom stereocenters. The van der Waals surface area contributed by atoms with Crippen LogP contribution < -0.4 is 0 Å². The van der Waals surface area contributed by atoms with Gasteiger partial charge in [-0.25, -0.2) is 9.97 Å². The Morgan fingerprint density at radius 3 is 2.19 bits per heavy atom. The first-order valence-electron chi connectivity index (χ1n) is 21.4. The molecule has 0 radical (unpaired) electrons. The highest BCUT2D eigenvalue weighted by atomic mass is 15.2. The van der Waals surface area contributed by atoms with Gasteiger partial charge in [-0.1, -0.05) is 146 Å². The number of aromatic nitrogens is 4. The Bertz CT molecular complexity index is 2910. The Hall–Kier alpha value is -6.26. The maximum absolute atomic E-state index is 5.66. The van der Waals surface area contributed by atoms with Gasteiger partial charge in [0.1, 0.15) is 0 Å². The van der Waals surface area contributed by atoms with Crippen molar-refractivity contribution < 1.29 is 0 Å². The maximum Gasteiger partial charge on any atom is 0.235 e. The zero-order valence-corrected chi connectivity index (χ0v) is 33.2. The minimum Gasteiger partial charge on any atom is -0.307 e. The van der Waals surface area contributed by atoms with Gasteiger partial charge in [-0.05, 0) is 104 Å². The van der Waals surface area contributed by atoms with Gasteiger partial charge in [0, 0.05) is 39.4 Å². The van der Waals surface area contributed by atoms with E-state index in [0.29, 0.717) is 11.8 Å². The molecule has 0 saturated carbocycles. The van der Waals surface area contributed by atoms with Gasteiger partial charge >= 0.3 is 0 Å². The van der Waals surface area contributed by atoms with Crippen LogP contribution in [0.2, 0.25) is 0 Å². The molecular formula is C54H48N4. The van der Waals surface area contributed by atoms with Crippen molar-refractivity contribution in [2.45, 2.75) is 64.2 Å². The van der Waals surface area contributed by atoms with Gasteiger partial charge in [0.25, 0.3) is 0 Å². The van der Waals surface area contributed by atoms with E-state index < -0.39 is 0 Å². The topological polar surface area (TPSA) is 35.6 Å². The third-order valence-corrected chi connectivity index (χ3v) is 13.0. The lowest BCUT2D eigenvalue weighted by Crippen LogP contribution is -2.12. The molecule has 4 aliphatic carbocycles. The summed E-state index contributed by atoms with van der Waals surface area (Å²) in [6, 6.07) is 37.7. The van der Waals surface area contributed by atoms with E-state index >= 15 is 0 Å². The summed E-state index contributed by atoms with van der Waals surface area (Å²) in [4.78, 5) is 11.3. The van der Waals surface area contributed by atoms with Crippen LogP contribution in [-0.2, 0) is 12.8 Å². The van der Waals surface area contributed by atoms with Crippen molar-refractivity contribution in [3.8, 4) is 11.6 Å². The highest BCUT2D eigenvalue weighted by Crippen LogP contribution is 2.43. The zero-order valence-electron chi connectivity index (χ0n) is 33.2. The fourth-order valence-electron chi connectivity index (χ4n) is 10.1. The lowest BCUT2D eigenvalue weighted by atomic mass is 9.86. The van der Waals surface area contributed by atoms with E-state index in [0.717, 1.165) is 68.0 Å². The smallest absolute Gasteiger partial charge is 0.235 e. The molecule has 58 heavy (non-hydrogen) atoms. The summed E-state index contributed by atoms with van der Waals surface area (Å²) in [6.07, 6.45) is 29.9. The lowest BCUT2D eigenvalue weighted by molar-refractivity contribution is 0.575. The molecule has 4 heteroatoms. The summed E-state index contributed by atoms with van der Waals surface area (Å²) < 4.78 is 4.95. The van der Waals surface area contributed by atoms with Crippen LogP contribution in [0.5, 0.6) is 0 Å². The number of benzene rings is 4. The van der Waals surface area contributed by atoms with Crippen LogP contribution in [0.4, 0.5) is 0 Å². The molecule has 2 unspecified atom stereocenters. The molecule has 11 rings (SSSR count).